The van der Waals surface area contributed by atoms with Crippen molar-refractivity contribution in [2.75, 3.05) is 5.75 Å². The fourth-order valence-corrected chi connectivity index (χ4v) is 4.22. The molecule has 6 nitrogen and oxygen atoms in total. The van der Waals surface area contributed by atoms with Crippen molar-refractivity contribution >= 4 is 17.5 Å². The summed E-state index contributed by atoms with van der Waals surface area (Å²) >= 11 is 1.41. The van der Waals surface area contributed by atoms with Gasteiger partial charge in [0.2, 0.25) is 0 Å². The summed E-state index contributed by atoms with van der Waals surface area (Å²) in [6.45, 7) is 11.0. The predicted molar refractivity (Wildman–Crippen MR) is 103 cm³/mol. The SMILES string of the molecule is CCn1c(SCC(=O)c2cc(C)n(C(C)C)c2C)nnc1-c1ccco1. The van der Waals surface area contributed by atoms with Crippen LogP contribution < -0.4 is 0 Å². The van der Waals surface area contributed by atoms with Crippen LogP contribution in [0.15, 0.2) is 34.0 Å². The minimum Gasteiger partial charge on any atom is -0.461 e. The van der Waals surface area contributed by atoms with Gasteiger partial charge in [0, 0.05) is 29.5 Å². The standard InChI is InChI=1S/C19H24N4O2S/c1-6-22-18(17-8-7-9-25-17)20-21-19(22)26-11-16(24)15-10-13(4)23(12(2)3)14(15)5/h7-10,12H,6,11H2,1-5H3. The zero-order valence-corrected chi connectivity index (χ0v) is 16.6. The van der Waals surface area contributed by atoms with Crippen molar-refractivity contribution in [3.05, 3.63) is 41.4 Å². The Labute approximate surface area is 157 Å². The van der Waals surface area contributed by atoms with Gasteiger partial charge in [-0.1, -0.05) is 11.8 Å². The molecule has 0 radical (unpaired) electrons. The smallest absolute Gasteiger partial charge is 0.200 e. The van der Waals surface area contributed by atoms with Gasteiger partial charge >= 0.3 is 0 Å². The molecule has 0 N–H and O–H groups in total. The maximum absolute atomic E-state index is 12.8. The zero-order chi connectivity index (χ0) is 18.8. The summed E-state index contributed by atoms with van der Waals surface area (Å²) in [4.78, 5) is 12.8. The summed E-state index contributed by atoms with van der Waals surface area (Å²) in [5.41, 5.74) is 2.93. The molecule has 138 valence electrons. The molecular formula is C19H24N4O2S. The minimum atomic E-state index is 0.111. The van der Waals surface area contributed by atoms with Gasteiger partial charge in [-0.25, -0.2) is 0 Å². The number of hydrogen-bond acceptors (Lipinski definition) is 5. The Kier molecular flexibility index (Phi) is 5.36. The van der Waals surface area contributed by atoms with Crippen LogP contribution in [0.4, 0.5) is 0 Å². The number of aryl methyl sites for hydroxylation is 1. The molecular weight excluding hydrogens is 348 g/mol. The van der Waals surface area contributed by atoms with E-state index in [9.17, 15) is 4.79 Å². The summed E-state index contributed by atoms with van der Waals surface area (Å²) in [7, 11) is 0. The Morgan fingerprint density at radius 2 is 2.08 bits per heavy atom. The highest BCUT2D eigenvalue weighted by Crippen LogP contribution is 2.26. The van der Waals surface area contributed by atoms with Crippen molar-refractivity contribution in [2.45, 2.75) is 52.4 Å². The van der Waals surface area contributed by atoms with E-state index in [1.54, 1.807) is 6.26 Å². The number of carbonyl (C=O) groups is 1. The first-order valence-electron chi connectivity index (χ1n) is 8.75. The third-order valence-corrected chi connectivity index (χ3v) is 5.37. The molecule has 7 heteroatoms. The van der Waals surface area contributed by atoms with Gasteiger partial charge in [-0.3, -0.25) is 9.36 Å². The molecule has 0 aromatic carbocycles. The van der Waals surface area contributed by atoms with E-state index in [0.717, 1.165) is 22.1 Å². The molecule has 3 aromatic rings. The highest BCUT2D eigenvalue weighted by molar-refractivity contribution is 7.99. The van der Waals surface area contributed by atoms with Crippen LogP contribution in [0, 0.1) is 13.8 Å². The topological polar surface area (TPSA) is 65.8 Å². The van der Waals surface area contributed by atoms with Crippen LogP contribution in [0.5, 0.6) is 0 Å². The molecule has 0 spiro atoms. The fourth-order valence-electron chi connectivity index (χ4n) is 3.33. The molecule has 0 aliphatic heterocycles. The predicted octanol–water partition coefficient (Wildman–Crippen LogP) is 4.53. The summed E-state index contributed by atoms with van der Waals surface area (Å²) < 4.78 is 9.58. The van der Waals surface area contributed by atoms with Crippen molar-refractivity contribution in [1.82, 2.24) is 19.3 Å². The summed E-state index contributed by atoms with van der Waals surface area (Å²) in [5.74, 6) is 1.81. The first-order valence-corrected chi connectivity index (χ1v) is 9.74. The first kappa shape index (κ1) is 18.5. The van der Waals surface area contributed by atoms with Gasteiger partial charge in [0.15, 0.2) is 22.5 Å². The number of thioether (sulfide) groups is 1. The molecule has 0 atom stereocenters. The number of carbonyl (C=O) groups excluding carboxylic acids is 1. The number of Topliss-reactive ketones (excluding diaryl/α,β-unsaturated/α-hetero) is 1. The fraction of sp³-hybridized carbons (Fsp3) is 0.421. The minimum absolute atomic E-state index is 0.111. The van der Waals surface area contributed by atoms with Crippen molar-refractivity contribution in [3.8, 4) is 11.6 Å². The second kappa shape index (κ2) is 7.53. The highest BCUT2D eigenvalue weighted by Gasteiger charge is 2.20. The van der Waals surface area contributed by atoms with Gasteiger partial charge in [0.25, 0.3) is 0 Å². The van der Waals surface area contributed by atoms with Gasteiger partial charge in [-0.05, 0) is 52.8 Å². The molecule has 0 saturated heterocycles. The van der Waals surface area contributed by atoms with Crippen LogP contribution in [-0.4, -0.2) is 30.9 Å². The monoisotopic (exact) mass is 372 g/mol. The van der Waals surface area contributed by atoms with Crippen molar-refractivity contribution in [2.24, 2.45) is 0 Å². The molecule has 26 heavy (non-hydrogen) atoms. The van der Waals surface area contributed by atoms with E-state index < -0.39 is 0 Å². The summed E-state index contributed by atoms with van der Waals surface area (Å²) in [5, 5.41) is 9.19. The molecule has 0 amide bonds. The summed E-state index contributed by atoms with van der Waals surface area (Å²) in [6, 6.07) is 6.00. The Morgan fingerprint density at radius 3 is 2.65 bits per heavy atom. The molecule has 0 aliphatic rings. The third-order valence-electron chi connectivity index (χ3n) is 4.41. The number of ketones is 1. The van der Waals surface area contributed by atoms with Gasteiger partial charge in [-0.15, -0.1) is 10.2 Å². The zero-order valence-electron chi connectivity index (χ0n) is 15.8. The Balaban J connectivity index is 1.78. The Hall–Kier alpha value is -2.28. The van der Waals surface area contributed by atoms with Crippen LogP contribution >= 0.6 is 11.8 Å². The molecule has 0 fully saturated rings. The molecule has 3 aromatic heterocycles. The molecule has 0 unspecified atom stereocenters. The average Bonchev–Trinajstić information content (AvgIpc) is 3.30. The van der Waals surface area contributed by atoms with E-state index in [1.807, 2.05) is 43.5 Å². The lowest BCUT2D eigenvalue weighted by atomic mass is 10.2. The first-order chi connectivity index (χ1) is 12.4. The van der Waals surface area contributed by atoms with Crippen molar-refractivity contribution < 1.29 is 9.21 Å². The average molecular weight is 372 g/mol. The van der Waals surface area contributed by atoms with Crippen LogP contribution in [0.2, 0.25) is 0 Å². The molecule has 3 rings (SSSR count). The molecule has 0 aliphatic carbocycles. The van der Waals surface area contributed by atoms with Crippen LogP contribution in [-0.2, 0) is 6.54 Å². The molecule has 0 saturated carbocycles. The number of nitrogens with zero attached hydrogens (tertiary/aromatic N) is 4. The number of aromatic nitrogens is 4. The van der Waals surface area contributed by atoms with Gasteiger partial charge < -0.3 is 8.98 Å². The van der Waals surface area contributed by atoms with E-state index in [0.29, 0.717) is 29.9 Å². The van der Waals surface area contributed by atoms with E-state index in [2.05, 4.69) is 28.6 Å². The quantitative estimate of drug-likeness (QED) is 0.450. The Morgan fingerprint density at radius 1 is 1.31 bits per heavy atom. The van der Waals surface area contributed by atoms with Crippen LogP contribution in [0.3, 0.4) is 0 Å². The Bertz CT molecular complexity index is 907. The van der Waals surface area contributed by atoms with Gasteiger partial charge in [0.1, 0.15) is 0 Å². The van der Waals surface area contributed by atoms with Crippen molar-refractivity contribution in [3.63, 3.8) is 0 Å². The maximum Gasteiger partial charge on any atom is 0.200 e. The van der Waals surface area contributed by atoms with E-state index in [-0.39, 0.29) is 5.78 Å². The van der Waals surface area contributed by atoms with E-state index in [1.165, 1.54) is 11.8 Å². The lowest BCUT2D eigenvalue weighted by Crippen LogP contribution is -2.09. The highest BCUT2D eigenvalue weighted by atomic mass is 32.2. The number of hydrogen-bond donors (Lipinski definition) is 0. The van der Waals surface area contributed by atoms with Gasteiger partial charge in [-0.2, -0.15) is 0 Å². The third kappa shape index (κ3) is 3.35. The normalized spacial score (nSPS) is 11.5. The number of furan rings is 1. The van der Waals surface area contributed by atoms with Gasteiger partial charge in [0.05, 0.1) is 12.0 Å². The van der Waals surface area contributed by atoms with Crippen LogP contribution in [0.25, 0.3) is 11.6 Å². The van der Waals surface area contributed by atoms with Crippen LogP contribution in [0.1, 0.15) is 48.6 Å². The van der Waals surface area contributed by atoms with E-state index in [4.69, 9.17) is 4.42 Å². The number of rotatable bonds is 7. The largest absolute Gasteiger partial charge is 0.461 e. The van der Waals surface area contributed by atoms with Crippen molar-refractivity contribution in [1.29, 1.82) is 0 Å². The maximum atomic E-state index is 12.8. The second-order valence-electron chi connectivity index (χ2n) is 6.49. The van der Waals surface area contributed by atoms with E-state index >= 15 is 0 Å². The molecule has 3 heterocycles. The lowest BCUT2D eigenvalue weighted by Gasteiger charge is -2.13. The summed E-state index contributed by atoms with van der Waals surface area (Å²) in [6.07, 6.45) is 1.62. The lowest BCUT2D eigenvalue weighted by molar-refractivity contribution is 0.102. The molecule has 0 bridgehead atoms. The second-order valence-corrected chi connectivity index (χ2v) is 7.43.